The fourth-order valence-electron chi connectivity index (χ4n) is 6.02. The van der Waals surface area contributed by atoms with Crippen molar-refractivity contribution in [2.45, 2.75) is 25.3 Å². The summed E-state index contributed by atoms with van der Waals surface area (Å²) < 4.78 is 46.8. The number of aromatic nitrogens is 2. The lowest BCUT2D eigenvalue weighted by Crippen LogP contribution is -2.47. The first-order valence-electron chi connectivity index (χ1n) is 17.1. The van der Waals surface area contributed by atoms with Crippen LogP contribution < -0.4 is 35.2 Å². The molecule has 1 unspecified atom stereocenters. The standard InChI is InChI=1S/C36H41ClFN9O5S/c1-45(53(2,50)51)32-7-4-3-6-29(32)42-34-27(37)23-39-36(44-34)41-25-10-14-31(28(38)22-25)47-19-17-46(18-20-47)16-5-21-52-26-11-8-24(9-12-26)40-30-13-15-33(48)43-35(30)49/h3-4,6-12,14,22-23,30,40H,5,13,15-21H2,1-2H3,(H,43,48,49)(H2,39,41,42,44). The number of para-hydroxylation sites is 2. The van der Waals surface area contributed by atoms with Gasteiger partial charge in [0.1, 0.15) is 22.6 Å². The van der Waals surface area contributed by atoms with Crippen molar-refractivity contribution >= 4 is 73.6 Å². The van der Waals surface area contributed by atoms with E-state index in [1.54, 1.807) is 36.4 Å². The van der Waals surface area contributed by atoms with E-state index in [1.807, 2.05) is 29.2 Å². The average molecular weight is 766 g/mol. The molecule has 0 spiro atoms. The molecule has 2 aliphatic heterocycles. The number of amides is 2. The van der Waals surface area contributed by atoms with Gasteiger partial charge in [-0.2, -0.15) is 4.98 Å². The van der Waals surface area contributed by atoms with E-state index in [0.29, 0.717) is 55.3 Å². The zero-order valence-electron chi connectivity index (χ0n) is 29.3. The second-order valence-electron chi connectivity index (χ2n) is 12.8. The molecule has 0 radical (unpaired) electrons. The first-order valence-corrected chi connectivity index (χ1v) is 19.3. The van der Waals surface area contributed by atoms with Crippen LogP contribution >= 0.6 is 11.6 Å². The molecule has 2 amide bonds. The van der Waals surface area contributed by atoms with Gasteiger partial charge < -0.3 is 25.6 Å². The van der Waals surface area contributed by atoms with E-state index in [1.165, 1.54) is 19.3 Å². The number of ether oxygens (including phenoxy) is 1. The number of nitrogens with one attached hydrogen (secondary N) is 4. The Hall–Kier alpha value is -5.19. The first-order chi connectivity index (χ1) is 25.4. The zero-order valence-corrected chi connectivity index (χ0v) is 30.9. The van der Waals surface area contributed by atoms with Crippen LogP contribution in [0.25, 0.3) is 0 Å². The van der Waals surface area contributed by atoms with Gasteiger partial charge in [0, 0.05) is 57.6 Å². The second kappa shape index (κ2) is 16.7. The third-order valence-corrected chi connectivity index (χ3v) is 10.4. The SMILES string of the molecule is CN(c1ccccc1Nc1nc(Nc2ccc(N3CCN(CCCOc4ccc(NC5CCC(=O)NC5=O)cc4)CC3)c(F)c2)ncc1Cl)S(C)(=O)=O. The summed E-state index contributed by atoms with van der Waals surface area (Å²) in [5.74, 6) is 0.229. The molecule has 2 aliphatic rings. The van der Waals surface area contributed by atoms with Crippen LogP contribution in [0.4, 0.5) is 44.6 Å². The Morgan fingerprint density at radius 2 is 1.75 bits per heavy atom. The summed E-state index contributed by atoms with van der Waals surface area (Å²) in [4.78, 5) is 36.4. The lowest BCUT2D eigenvalue weighted by molar-refractivity contribution is -0.133. The number of anilines is 7. The largest absolute Gasteiger partial charge is 0.494 e. The highest BCUT2D eigenvalue weighted by atomic mass is 35.5. The number of halogens is 2. The molecule has 1 aromatic heterocycles. The summed E-state index contributed by atoms with van der Waals surface area (Å²) in [7, 11) is -2.06. The van der Waals surface area contributed by atoms with Crippen molar-refractivity contribution in [2.75, 3.05) is 77.8 Å². The molecule has 2 saturated heterocycles. The molecule has 0 saturated carbocycles. The summed E-state index contributed by atoms with van der Waals surface area (Å²) in [6, 6.07) is 18.7. The van der Waals surface area contributed by atoms with Gasteiger partial charge in [-0.15, -0.1) is 0 Å². The smallest absolute Gasteiger partial charge is 0.249 e. The molecule has 2 fully saturated rings. The average Bonchev–Trinajstić information content (AvgIpc) is 3.13. The summed E-state index contributed by atoms with van der Waals surface area (Å²) >= 11 is 6.37. The van der Waals surface area contributed by atoms with Gasteiger partial charge in [0.15, 0.2) is 5.82 Å². The van der Waals surface area contributed by atoms with Crippen molar-refractivity contribution in [3.8, 4) is 5.75 Å². The lowest BCUT2D eigenvalue weighted by atomic mass is 10.1. The van der Waals surface area contributed by atoms with E-state index in [-0.39, 0.29) is 34.4 Å². The molecule has 4 N–H and O–H groups in total. The lowest BCUT2D eigenvalue weighted by Gasteiger charge is -2.36. The summed E-state index contributed by atoms with van der Waals surface area (Å²) in [6.07, 6.45) is 4.14. The molecular formula is C36H41ClFN9O5S. The molecular weight excluding hydrogens is 725 g/mol. The third kappa shape index (κ3) is 9.82. The number of benzene rings is 3. The van der Waals surface area contributed by atoms with Gasteiger partial charge in [-0.3, -0.25) is 24.1 Å². The molecule has 1 atom stereocenters. The Morgan fingerprint density at radius 1 is 1.02 bits per heavy atom. The molecule has 17 heteroatoms. The predicted molar refractivity (Wildman–Crippen MR) is 205 cm³/mol. The highest BCUT2D eigenvalue weighted by molar-refractivity contribution is 7.92. The van der Waals surface area contributed by atoms with Gasteiger partial charge in [0.25, 0.3) is 0 Å². The van der Waals surface area contributed by atoms with E-state index in [2.05, 4.69) is 36.1 Å². The van der Waals surface area contributed by atoms with Crippen LogP contribution in [0.3, 0.4) is 0 Å². The summed E-state index contributed by atoms with van der Waals surface area (Å²) in [5, 5.41) is 11.8. The van der Waals surface area contributed by atoms with Gasteiger partial charge in [-0.05, 0) is 67.4 Å². The minimum Gasteiger partial charge on any atom is -0.494 e. The van der Waals surface area contributed by atoms with Gasteiger partial charge in [-0.25, -0.2) is 17.8 Å². The van der Waals surface area contributed by atoms with Crippen molar-refractivity contribution in [2.24, 2.45) is 0 Å². The van der Waals surface area contributed by atoms with E-state index in [4.69, 9.17) is 16.3 Å². The zero-order chi connectivity index (χ0) is 37.5. The van der Waals surface area contributed by atoms with Crippen molar-refractivity contribution in [1.29, 1.82) is 0 Å². The maximum Gasteiger partial charge on any atom is 0.249 e. The second-order valence-corrected chi connectivity index (χ2v) is 15.2. The minimum atomic E-state index is -3.51. The number of hydrogen-bond acceptors (Lipinski definition) is 12. The van der Waals surface area contributed by atoms with Gasteiger partial charge >= 0.3 is 0 Å². The Morgan fingerprint density at radius 3 is 2.47 bits per heavy atom. The predicted octanol–water partition coefficient (Wildman–Crippen LogP) is 4.96. The quantitative estimate of drug-likeness (QED) is 0.101. The number of carbonyl (C=O) groups excluding carboxylic acids is 2. The maximum atomic E-state index is 15.4. The number of piperidine rings is 1. The van der Waals surface area contributed by atoms with E-state index < -0.39 is 16.1 Å². The van der Waals surface area contributed by atoms with Crippen LogP contribution in [-0.2, 0) is 19.6 Å². The fraction of sp³-hybridized carbons (Fsp3) is 0.333. The van der Waals surface area contributed by atoms with Gasteiger partial charge in [-0.1, -0.05) is 23.7 Å². The highest BCUT2D eigenvalue weighted by Crippen LogP contribution is 2.32. The van der Waals surface area contributed by atoms with E-state index >= 15 is 4.39 Å². The van der Waals surface area contributed by atoms with Crippen molar-refractivity contribution < 1.29 is 27.1 Å². The highest BCUT2D eigenvalue weighted by Gasteiger charge is 2.26. The van der Waals surface area contributed by atoms with Crippen LogP contribution in [0.2, 0.25) is 5.02 Å². The topological polar surface area (TPSA) is 161 Å². The van der Waals surface area contributed by atoms with Crippen LogP contribution in [0.5, 0.6) is 5.75 Å². The van der Waals surface area contributed by atoms with Crippen molar-refractivity contribution in [3.63, 3.8) is 0 Å². The van der Waals surface area contributed by atoms with Crippen LogP contribution in [0.15, 0.2) is 72.9 Å². The molecule has 4 aromatic rings. The van der Waals surface area contributed by atoms with E-state index in [0.717, 1.165) is 48.1 Å². The molecule has 280 valence electrons. The third-order valence-electron chi connectivity index (χ3n) is 8.98. The number of sulfonamides is 1. The number of rotatable bonds is 14. The van der Waals surface area contributed by atoms with Gasteiger partial charge in [0.2, 0.25) is 27.8 Å². The first kappa shape index (κ1) is 37.6. The molecule has 14 nitrogen and oxygen atoms in total. The summed E-state index contributed by atoms with van der Waals surface area (Å²) in [6.45, 7) is 4.34. The molecule has 53 heavy (non-hydrogen) atoms. The van der Waals surface area contributed by atoms with Crippen LogP contribution in [-0.4, -0.2) is 93.8 Å². The summed E-state index contributed by atoms with van der Waals surface area (Å²) in [5.41, 5.74) is 2.64. The number of hydrogen-bond donors (Lipinski definition) is 4. The number of nitrogens with zero attached hydrogens (tertiary/aromatic N) is 5. The minimum absolute atomic E-state index is 0.175. The Labute approximate surface area is 312 Å². The van der Waals surface area contributed by atoms with Crippen LogP contribution in [0.1, 0.15) is 19.3 Å². The normalized spacial score (nSPS) is 16.5. The Balaban J connectivity index is 0.954. The van der Waals surface area contributed by atoms with Gasteiger partial charge in [0.05, 0.1) is 36.1 Å². The maximum absolute atomic E-state index is 15.4. The van der Waals surface area contributed by atoms with Crippen molar-refractivity contribution in [1.82, 2.24) is 20.2 Å². The fourth-order valence-corrected chi connectivity index (χ4v) is 6.67. The molecule has 3 heterocycles. The Bertz CT molecular complexity index is 2050. The van der Waals surface area contributed by atoms with Crippen molar-refractivity contribution in [3.05, 3.63) is 83.8 Å². The number of carbonyl (C=O) groups is 2. The van der Waals surface area contributed by atoms with Crippen LogP contribution in [0, 0.1) is 5.82 Å². The molecule has 0 bridgehead atoms. The monoisotopic (exact) mass is 765 g/mol. The molecule has 6 rings (SSSR count). The molecule has 0 aliphatic carbocycles. The molecule has 3 aromatic carbocycles. The number of piperazine rings is 1. The number of imide groups is 1. The van der Waals surface area contributed by atoms with E-state index in [9.17, 15) is 18.0 Å². The Kier molecular flexibility index (Phi) is 11.8.